The highest BCUT2D eigenvalue weighted by Crippen LogP contribution is 2.22. The van der Waals surface area contributed by atoms with Crippen LogP contribution in [-0.4, -0.2) is 22.6 Å². The third kappa shape index (κ3) is 3.85. The van der Waals surface area contributed by atoms with Crippen LogP contribution in [0.4, 0.5) is 4.39 Å². The molecular formula is C16H13FN2O2S. The zero-order chi connectivity index (χ0) is 15.2. The molecule has 0 spiro atoms. The van der Waals surface area contributed by atoms with E-state index >= 15 is 0 Å². The highest BCUT2D eigenvalue weighted by atomic mass is 32.2. The highest BCUT2D eigenvalue weighted by Gasteiger charge is 2.08. The van der Waals surface area contributed by atoms with Gasteiger partial charge in [0.05, 0.1) is 6.61 Å². The molecule has 22 heavy (non-hydrogen) atoms. The van der Waals surface area contributed by atoms with E-state index in [-0.39, 0.29) is 5.82 Å². The summed E-state index contributed by atoms with van der Waals surface area (Å²) in [4.78, 5) is 0. The van der Waals surface area contributed by atoms with Gasteiger partial charge in [0.15, 0.2) is 0 Å². The third-order valence-electron chi connectivity index (χ3n) is 2.82. The van der Waals surface area contributed by atoms with Crippen molar-refractivity contribution in [3.8, 4) is 17.2 Å². The van der Waals surface area contributed by atoms with Crippen LogP contribution in [0.2, 0.25) is 0 Å². The monoisotopic (exact) mass is 316 g/mol. The number of benzene rings is 2. The van der Waals surface area contributed by atoms with Crippen LogP contribution in [0, 0.1) is 5.82 Å². The molecular weight excluding hydrogens is 303 g/mol. The van der Waals surface area contributed by atoms with Gasteiger partial charge in [-0.05, 0) is 36.4 Å². The standard InChI is InChI=1S/C16H13FN2O2S/c17-13-6-8-14(9-7-13)20-10-11-22-16-19-18-15(21-16)12-4-2-1-3-5-12/h1-9H,10-11H2. The maximum Gasteiger partial charge on any atom is 0.276 e. The topological polar surface area (TPSA) is 48.2 Å². The smallest absolute Gasteiger partial charge is 0.276 e. The summed E-state index contributed by atoms with van der Waals surface area (Å²) in [6, 6.07) is 15.5. The minimum absolute atomic E-state index is 0.277. The number of hydrogen-bond acceptors (Lipinski definition) is 5. The number of rotatable bonds is 6. The minimum Gasteiger partial charge on any atom is -0.493 e. The maximum absolute atomic E-state index is 12.8. The second-order valence-electron chi connectivity index (χ2n) is 4.39. The summed E-state index contributed by atoms with van der Waals surface area (Å²) in [5, 5.41) is 8.50. The van der Waals surface area contributed by atoms with Crippen molar-refractivity contribution in [2.24, 2.45) is 0 Å². The largest absolute Gasteiger partial charge is 0.493 e. The van der Waals surface area contributed by atoms with E-state index in [4.69, 9.17) is 9.15 Å². The second kappa shape index (κ2) is 7.09. The molecule has 1 heterocycles. The van der Waals surface area contributed by atoms with E-state index in [2.05, 4.69) is 10.2 Å². The van der Waals surface area contributed by atoms with Crippen LogP contribution in [0.15, 0.2) is 64.2 Å². The fourth-order valence-electron chi connectivity index (χ4n) is 1.78. The Morgan fingerprint density at radius 3 is 2.55 bits per heavy atom. The molecule has 112 valence electrons. The van der Waals surface area contributed by atoms with Gasteiger partial charge < -0.3 is 9.15 Å². The summed E-state index contributed by atoms with van der Waals surface area (Å²) in [7, 11) is 0. The molecule has 6 heteroatoms. The molecule has 4 nitrogen and oxygen atoms in total. The normalized spacial score (nSPS) is 10.6. The van der Waals surface area contributed by atoms with Crippen molar-refractivity contribution in [3.05, 3.63) is 60.4 Å². The Kier molecular flexibility index (Phi) is 4.70. The number of hydrogen-bond donors (Lipinski definition) is 0. The first-order valence-corrected chi connectivity index (χ1v) is 7.70. The zero-order valence-electron chi connectivity index (χ0n) is 11.6. The van der Waals surface area contributed by atoms with E-state index in [1.807, 2.05) is 30.3 Å². The lowest BCUT2D eigenvalue weighted by Crippen LogP contribution is -1.99. The van der Waals surface area contributed by atoms with Crippen LogP contribution in [-0.2, 0) is 0 Å². The quantitative estimate of drug-likeness (QED) is 0.507. The molecule has 0 radical (unpaired) electrons. The molecule has 3 aromatic rings. The fraction of sp³-hybridized carbons (Fsp3) is 0.125. The first-order chi connectivity index (χ1) is 10.8. The van der Waals surface area contributed by atoms with Gasteiger partial charge in [0.25, 0.3) is 5.22 Å². The van der Waals surface area contributed by atoms with Gasteiger partial charge >= 0.3 is 0 Å². The molecule has 0 saturated heterocycles. The number of nitrogens with zero attached hydrogens (tertiary/aromatic N) is 2. The second-order valence-corrected chi connectivity index (χ2v) is 5.44. The van der Waals surface area contributed by atoms with E-state index in [1.165, 1.54) is 23.9 Å². The van der Waals surface area contributed by atoms with Gasteiger partial charge in [-0.2, -0.15) is 0 Å². The maximum atomic E-state index is 12.8. The van der Waals surface area contributed by atoms with E-state index < -0.39 is 0 Å². The van der Waals surface area contributed by atoms with E-state index in [1.54, 1.807) is 12.1 Å². The summed E-state index contributed by atoms with van der Waals surface area (Å²) < 4.78 is 23.8. The van der Waals surface area contributed by atoms with Gasteiger partial charge in [0, 0.05) is 11.3 Å². The van der Waals surface area contributed by atoms with Gasteiger partial charge in [-0.15, -0.1) is 10.2 Å². The van der Waals surface area contributed by atoms with Crippen molar-refractivity contribution in [2.45, 2.75) is 5.22 Å². The number of aromatic nitrogens is 2. The Bertz CT molecular complexity index is 717. The lowest BCUT2D eigenvalue weighted by atomic mass is 10.2. The van der Waals surface area contributed by atoms with Crippen molar-refractivity contribution < 1.29 is 13.5 Å². The Balaban J connectivity index is 1.48. The van der Waals surface area contributed by atoms with Crippen LogP contribution in [0.5, 0.6) is 5.75 Å². The lowest BCUT2D eigenvalue weighted by Gasteiger charge is -2.04. The summed E-state index contributed by atoms with van der Waals surface area (Å²) >= 11 is 1.42. The number of halogens is 1. The molecule has 0 saturated carbocycles. The first kappa shape index (κ1) is 14.6. The van der Waals surface area contributed by atoms with Crippen molar-refractivity contribution >= 4 is 11.8 Å². The molecule has 1 aromatic heterocycles. The Labute approximate surface area is 131 Å². The molecule has 0 atom stereocenters. The lowest BCUT2D eigenvalue weighted by molar-refractivity contribution is 0.342. The first-order valence-electron chi connectivity index (χ1n) is 6.71. The van der Waals surface area contributed by atoms with E-state index in [9.17, 15) is 4.39 Å². The molecule has 0 unspecified atom stereocenters. The average Bonchev–Trinajstić information content (AvgIpc) is 3.03. The Morgan fingerprint density at radius 1 is 1.00 bits per heavy atom. The predicted molar refractivity (Wildman–Crippen MR) is 82.4 cm³/mol. The highest BCUT2D eigenvalue weighted by molar-refractivity contribution is 7.99. The predicted octanol–water partition coefficient (Wildman–Crippen LogP) is 4.05. The molecule has 0 amide bonds. The number of ether oxygens (including phenoxy) is 1. The third-order valence-corrected chi connectivity index (χ3v) is 3.60. The van der Waals surface area contributed by atoms with Crippen LogP contribution < -0.4 is 4.74 Å². The number of thioether (sulfide) groups is 1. The molecule has 0 aliphatic carbocycles. The van der Waals surface area contributed by atoms with Crippen molar-refractivity contribution in [2.75, 3.05) is 12.4 Å². The molecule has 0 aliphatic rings. The van der Waals surface area contributed by atoms with Gasteiger partial charge in [0.2, 0.25) is 5.89 Å². The van der Waals surface area contributed by atoms with Crippen molar-refractivity contribution in [1.82, 2.24) is 10.2 Å². The minimum atomic E-state index is -0.277. The summed E-state index contributed by atoms with van der Waals surface area (Å²) in [5.74, 6) is 1.52. The van der Waals surface area contributed by atoms with Gasteiger partial charge in [-0.3, -0.25) is 0 Å². The van der Waals surface area contributed by atoms with Crippen LogP contribution in [0.1, 0.15) is 0 Å². The van der Waals surface area contributed by atoms with E-state index in [0.29, 0.717) is 29.2 Å². The van der Waals surface area contributed by atoms with E-state index in [0.717, 1.165) is 5.56 Å². The molecule has 0 fully saturated rings. The SMILES string of the molecule is Fc1ccc(OCCSc2nnc(-c3ccccc3)o2)cc1. The molecule has 0 bridgehead atoms. The molecule has 2 aromatic carbocycles. The van der Waals surface area contributed by atoms with Gasteiger partial charge in [0.1, 0.15) is 11.6 Å². The fourth-order valence-corrected chi connectivity index (χ4v) is 2.36. The summed E-state index contributed by atoms with van der Waals surface area (Å²) in [6.45, 7) is 0.472. The Hall–Kier alpha value is -2.34. The summed E-state index contributed by atoms with van der Waals surface area (Å²) in [5.41, 5.74) is 0.893. The molecule has 3 rings (SSSR count). The van der Waals surface area contributed by atoms with Crippen LogP contribution in [0.3, 0.4) is 0 Å². The molecule has 0 N–H and O–H groups in total. The summed E-state index contributed by atoms with van der Waals surface area (Å²) in [6.07, 6.45) is 0. The molecule has 0 aliphatic heterocycles. The van der Waals surface area contributed by atoms with Crippen molar-refractivity contribution in [3.63, 3.8) is 0 Å². The zero-order valence-corrected chi connectivity index (χ0v) is 12.4. The van der Waals surface area contributed by atoms with Crippen LogP contribution >= 0.6 is 11.8 Å². The van der Waals surface area contributed by atoms with Crippen molar-refractivity contribution in [1.29, 1.82) is 0 Å². The van der Waals surface area contributed by atoms with Crippen LogP contribution in [0.25, 0.3) is 11.5 Å². The Morgan fingerprint density at radius 2 is 1.77 bits per heavy atom. The average molecular weight is 316 g/mol. The van der Waals surface area contributed by atoms with Gasteiger partial charge in [-0.25, -0.2) is 4.39 Å². The van der Waals surface area contributed by atoms with Gasteiger partial charge in [-0.1, -0.05) is 30.0 Å².